The monoisotopic (exact) mass is 410 g/mol. The average Bonchev–Trinajstić information content (AvgIpc) is 3.22. The molecular formula is C25H26N6. The maximum atomic E-state index is 6.13. The molecule has 156 valence electrons. The molecule has 4 aromatic rings. The van der Waals surface area contributed by atoms with E-state index in [0.717, 1.165) is 53.8 Å². The summed E-state index contributed by atoms with van der Waals surface area (Å²) in [5, 5.41) is 3.54. The minimum Gasteiger partial charge on any atom is -0.383 e. The van der Waals surface area contributed by atoms with E-state index >= 15 is 0 Å². The van der Waals surface area contributed by atoms with Gasteiger partial charge in [0.1, 0.15) is 11.7 Å². The Morgan fingerprint density at radius 1 is 1.10 bits per heavy atom. The molecule has 1 aliphatic carbocycles. The Morgan fingerprint density at radius 2 is 1.94 bits per heavy atom. The van der Waals surface area contributed by atoms with Crippen molar-refractivity contribution in [3.8, 4) is 0 Å². The number of nitrogens with two attached hydrogens (primary N) is 1. The number of nitrogens with one attached hydrogen (secondary N) is 2. The van der Waals surface area contributed by atoms with E-state index < -0.39 is 0 Å². The second-order valence-corrected chi connectivity index (χ2v) is 7.93. The van der Waals surface area contributed by atoms with Crippen LogP contribution >= 0.6 is 0 Å². The van der Waals surface area contributed by atoms with Crippen LogP contribution < -0.4 is 11.1 Å². The predicted octanol–water partition coefficient (Wildman–Crippen LogP) is 3.88. The zero-order valence-corrected chi connectivity index (χ0v) is 17.4. The largest absolute Gasteiger partial charge is 0.383 e. The summed E-state index contributed by atoms with van der Waals surface area (Å²) >= 11 is 0. The lowest BCUT2D eigenvalue weighted by molar-refractivity contribution is 0.454. The Hall–Kier alpha value is -3.51. The molecule has 2 heterocycles. The third-order valence-electron chi connectivity index (χ3n) is 5.89. The Bertz CT molecular complexity index is 1180. The Labute approximate surface area is 181 Å². The van der Waals surface area contributed by atoms with Crippen LogP contribution in [0.5, 0.6) is 0 Å². The van der Waals surface area contributed by atoms with E-state index in [1.54, 1.807) is 0 Å². The number of para-hydroxylation sites is 2. The standard InChI is InChI=1S/C25H26N6/c26-25(17-7-2-1-3-8-17)29-16-28-22-12-6-9-19-18(13-14-27-24(19)22)15-23-30-20-10-4-5-11-21(20)31-23/h1-5,7-8,10-11,13-14,22,28H,6,9,12,15-16H2,(H2,26,29)(H,30,31). The summed E-state index contributed by atoms with van der Waals surface area (Å²) in [6.45, 7) is 0.473. The molecule has 6 nitrogen and oxygen atoms in total. The first-order valence-corrected chi connectivity index (χ1v) is 10.8. The number of H-pyrrole nitrogens is 1. The summed E-state index contributed by atoms with van der Waals surface area (Å²) in [5.41, 5.74) is 12.9. The molecule has 2 aromatic heterocycles. The average molecular weight is 411 g/mol. The van der Waals surface area contributed by atoms with Crippen molar-refractivity contribution in [1.29, 1.82) is 0 Å². The highest BCUT2D eigenvalue weighted by atomic mass is 15.1. The molecule has 5 rings (SSSR count). The number of aliphatic imine (C=N–C) groups is 1. The van der Waals surface area contributed by atoms with Gasteiger partial charge in [-0.25, -0.2) is 4.98 Å². The molecule has 4 N–H and O–H groups in total. The number of rotatable bonds is 6. The molecule has 0 radical (unpaired) electrons. The van der Waals surface area contributed by atoms with Crippen LogP contribution in [-0.4, -0.2) is 27.5 Å². The van der Waals surface area contributed by atoms with Gasteiger partial charge in [0, 0.05) is 18.2 Å². The first kappa shape index (κ1) is 19.5. The minimum atomic E-state index is 0.187. The first-order valence-electron chi connectivity index (χ1n) is 10.8. The van der Waals surface area contributed by atoms with E-state index in [2.05, 4.69) is 27.4 Å². The van der Waals surface area contributed by atoms with Crippen molar-refractivity contribution < 1.29 is 0 Å². The zero-order chi connectivity index (χ0) is 21.0. The van der Waals surface area contributed by atoms with Gasteiger partial charge in [0.2, 0.25) is 0 Å². The summed E-state index contributed by atoms with van der Waals surface area (Å²) < 4.78 is 0. The summed E-state index contributed by atoms with van der Waals surface area (Å²) in [4.78, 5) is 17.4. The quantitative estimate of drug-likeness (QED) is 0.332. The maximum absolute atomic E-state index is 6.13. The number of imidazole rings is 1. The fourth-order valence-corrected chi connectivity index (χ4v) is 4.33. The van der Waals surface area contributed by atoms with Gasteiger partial charge in [-0.05, 0) is 48.6 Å². The van der Waals surface area contributed by atoms with Gasteiger partial charge in [-0.2, -0.15) is 0 Å². The lowest BCUT2D eigenvalue weighted by atomic mass is 9.88. The second kappa shape index (κ2) is 8.70. The van der Waals surface area contributed by atoms with Gasteiger partial charge in [-0.3, -0.25) is 15.3 Å². The van der Waals surface area contributed by atoms with Crippen LogP contribution in [0.4, 0.5) is 0 Å². The minimum absolute atomic E-state index is 0.187. The number of amidine groups is 1. The highest BCUT2D eigenvalue weighted by molar-refractivity contribution is 5.97. The van der Waals surface area contributed by atoms with Gasteiger partial charge in [0.15, 0.2) is 0 Å². The molecule has 1 atom stereocenters. The zero-order valence-electron chi connectivity index (χ0n) is 17.4. The van der Waals surface area contributed by atoms with Gasteiger partial charge in [0.05, 0.1) is 29.4 Å². The third-order valence-corrected chi connectivity index (χ3v) is 5.89. The van der Waals surface area contributed by atoms with Crippen molar-refractivity contribution in [2.24, 2.45) is 10.7 Å². The summed E-state index contributed by atoms with van der Waals surface area (Å²) in [7, 11) is 0. The first-order chi connectivity index (χ1) is 15.3. The number of nitrogens with zero attached hydrogens (tertiary/aromatic N) is 3. The van der Waals surface area contributed by atoms with Gasteiger partial charge in [-0.15, -0.1) is 0 Å². The number of fused-ring (bicyclic) bond motifs is 2. The van der Waals surface area contributed by atoms with Crippen molar-refractivity contribution in [1.82, 2.24) is 20.3 Å². The second-order valence-electron chi connectivity index (χ2n) is 7.93. The smallest absolute Gasteiger partial charge is 0.127 e. The Morgan fingerprint density at radius 3 is 2.81 bits per heavy atom. The van der Waals surface area contributed by atoms with Crippen LogP contribution in [0.15, 0.2) is 71.9 Å². The molecular weight excluding hydrogens is 384 g/mol. The molecule has 0 fully saturated rings. The number of benzene rings is 2. The van der Waals surface area contributed by atoms with E-state index in [4.69, 9.17) is 15.7 Å². The van der Waals surface area contributed by atoms with E-state index in [9.17, 15) is 0 Å². The third kappa shape index (κ3) is 4.20. The number of hydrogen-bond donors (Lipinski definition) is 3. The molecule has 0 saturated carbocycles. The van der Waals surface area contributed by atoms with Crippen molar-refractivity contribution in [3.05, 3.63) is 95.1 Å². The van der Waals surface area contributed by atoms with Gasteiger partial charge < -0.3 is 10.7 Å². The summed E-state index contributed by atoms with van der Waals surface area (Å²) in [5.74, 6) is 1.54. The van der Waals surface area contributed by atoms with Gasteiger partial charge in [-0.1, -0.05) is 42.5 Å². The number of hydrogen-bond acceptors (Lipinski definition) is 4. The molecule has 0 amide bonds. The van der Waals surface area contributed by atoms with Crippen molar-refractivity contribution >= 4 is 16.9 Å². The highest BCUT2D eigenvalue weighted by Crippen LogP contribution is 2.31. The SMILES string of the molecule is NC(=NCNC1CCCc2c(Cc3nc4ccccc4[nH]3)ccnc21)c1ccccc1. The van der Waals surface area contributed by atoms with Crippen LogP contribution in [0.3, 0.4) is 0 Å². The number of aromatic nitrogens is 3. The number of pyridine rings is 1. The van der Waals surface area contributed by atoms with Crippen molar-refractivity contribution in [2.45, 2.75) is 31.7 Å². The fraction of sp³-hybridized carbons (Fsp3) is 0.240. The summed E-state index contributed by atoms with van der Waals surface area (Å²) in [6, 6.07) is 20.3. The topological polar surface area (TPSA) is 92.0 Å². The molecule has 6 heteroatoms. The van der Waals surface area contributed by atoms with E-state index in [-0.39, 0.29) is 6.04 Å². The lowest BCUT2D eigenvalue weighted by Crippen LogP contribution is -2.28. The normalized spacial score (nSPS) is 16.4. The van der Waals surface area contributed by atoms with E-state index in [0.29, 0.717) is 12.5 Å². The van der Waals surface area contributed by atoms with Crippen LogP contribution in [0.25, 0.3) is 11.0 Å². The molecule has 0 saturated heterocycles. The molecule has 2 aromatic carbocycles. The van der Waals surface area contributed by atoms with E-state index in [1.807, 2.05) is 54.7 Å². The molecule has 0 bridgehead atoms. The molecule has 0 aliphatic heterocycles. The fourth-order valence-electron chi connectivity index (χ4n) is 4.33. The van der Waals surface area contributed by atoms with E-state index in [1.165, 1.54) is 11.1 Å². The van der Waals surface area contributed by atoms with Gasteiger partial charge in [0.25, 0.3) is 0 Å². The van der Waals surface area contributed by atoms with Crippen LogP contribution in [0.2, 0.25) is 0 Å². The number of aromatic amines is 1. The van der Waals surface area contributed by atoms with Gasteiger partial charge >= 0.3 is 0 Å². The molecule has 31 heavy (non-hydrogen) atoms. The molecule has 1 aliphatic rings. The summed E-state index contributed by atoms with van der Waals surface area (Å²) in [6.07, 6.45) is 5.92. The Balaban J connectivity index is 1.32. The highest BCUT2D eigenvalue weighted by Gasteiger charge is 2.23. The van der Waals surface area contributed by atoms with Crippen molar-refractivity contribution in [3.63, 3.8) is 0 Å². The maximum Gasteiger partial charge on any atom is 0.127 e. The van der Waals surface area contributed by atoms with Crippen molar-refractivity contribution in [2.75, 3.05) is 6.67 Å². The van der Waals surface area contributed by atoms with Crippen LogP contribution in [0.1, 0.15) is 47.1 Å². The van der Waals surface area contributed by atoms with Crippen LogP contribution in [-0.2, 0) is 12.8 Å². The molecule has 1 unspecified atom stereocenters. The Kier molecular flexibility index (Phi) is 5.46. The predicted molar refractivity (Wildman–Crippen MR) is 124 cm³/mol. The molecule has 0 spiro atoms. The lowest BCUT2D eigenvalue weighted by Gasteiger charge is -2.26. The van der Waals surface area contributed by atoms with Crippen LogP contribution in [0, 0.1) is 0 Å².